The van der Waals surface area contributed by atoms with Gasteiger partial charge in [0.2, 0.25) is 0 Å². The van der Waals surface area contributed by atoms with Crippen molar-refractivity contribution < 1.29 is 9.53 Å². The molecule has 0 aliphatic rings. The first-order valence-electron chi connectivity index (χ1n) is 14.1. The lowest BCUT2D eigenvalue weighted by Gasteiger charge is -2.25. The molecule has 4 aromatic rings. The molecule has 0 unspecified atom stereocenters. The van der Waals surface area contributed by atoms with Crippen LogP contribution in [0.1, 0.15) is 57.1 Å². The zero-order valence-corrected chi connectivity index (χ0v) is 25.1. The van der Waals surface area contributed by atoms with Gasteiger partial charge in [0.15, 0.2) is 0 Å². The number of carbonyl (C=O) groups excluding carboxylic acids is 1. The first kappa shape index (κ1) is 29.8. The number of nitrogens with one attached hydrogen (secondary N) is 2. The zero-order chi connectivity index (χ0) is 29.7. The number of aromatic amines is 1. The van der Waals surface area contributed by atoms with Crippen molar-refractivity contribution in [2.75, 3.05) is 44.5 Å². The average Bonchev–Trinajstić information content (AvgIpc) is 2.94. The van der Waals surface area contributed by atoms with Gasteiger partial charge in [-0.2, -0.15) is 0 Å². The van der Waals surface area contributed by atoms with Gasteiger partial charge in [0.1, 0.15) is 17.1 Å². The van der Waals surface area contributed by atoms with Crippen molar-refractivity contribution in [3.63, 3.8) is 0 Å². The van der Waals surface area contributed by atoms with Crippen molar-refractivity contribution in [3.8, 4) is 16.9 Å². The van der Waals surface area contributed by atoms with Crippen LogP contribution in [0.15, 0.2) is 65.6 Å². The summed E-state index contributed by atoms with van der Waals surface area (Å²) in [7, 11) is 5.72. The summed E-state index contributed by atoms with van der Waals surface area (Å²) in [4.78, 5) is 36.8. The quantitative estimate of drug-likeness (QED) is 0.209. The van der Waals surface area contributed by atoms with Crippen LogP contribution in [0.25, 0.3) is 22.2 Å². The Kier molecular flexibility index (Phi) is 9.45. The van der Waals surface area contributed by atoms with Crippen LogP contribution in [0.4, 0.5) is 16.2 Å². The van der Waals surface area contributed by atoms with Gasteiger partial charge in [-0.1, -0.05) is 39.8 Å². The molecular weight excluding hydrogens is 514 g/mol. The van der Waals surface area contributed by atoms with Gasteiger partial charge in [0, 0.05) is 30.9 Å². The second kappa shape index (κ2) is 13.0. The lowest BCUT2D eigenvalue weighted by atomic mass is 9.88. The number of aromatic nitrogens is 2. The molecule has 0 radical (unpaired) electrons. The van der Waals surface area contributed by atoms with Gasteiger partial charge in [0.25, 0.3) is 5.56 Å². The average molecular weight is 556 g/mol. The molecule has 0 atom stereocenters. The van der Waals surface area contributed by atoms with Crippen molar-refractivity contribution in [3.05, 3.63) is 82.3 Å². The number of amides is 2. The number of rotatable bonds is 10. The standard InChI is InChI=1S/C33H41N5O3/c1-21(2)27-18-25(23-11-8-13-26(17-23)41-16-10-15-37(5)6)19-28(22(3)4)30(27)35-33(40)38(7)29-20-24-12-9-14-34-31(24)36-32(29)39/h8-9,11-14,17-22H,10,15-16H2,1-7H3,(H,35,40)(H,34,36,39). The van der Waals surface area contributed by atoms with E-state index in [0.29, 0.717) is 12.3 Å². The Labute approximate surface area is 242 Å². The molecule has 2 N–H and O–H groups in total. The Morgan fingerprint density at radius 3 is 2.32 bits per heavy atom. The molecule has 2 amide bonds. The van der Waals surface area contributed by atoms with E-state index in [9.17, 15) is 9.59 Å². The summed E-state index contributed by atoms with van der Waals surface area (Å²) in [5.41, 5.74) is 5.33. The van der Waals surface area contributed by atoms with E-state index in [2.05, 4.69) is 86.2 Å². The fourth-order valence-corrected chi connectivity index (χ4v) is 4.82. The fraction of sp³-hybridized carbons (Fsp3) is 0.364. The van der Waals surface area contributed by atoms with Crippen LogP contribution >= 0.6 is 0 Å². The number of nitrogens with zero attached hydrogens (tertiary/aromatic N) is 3. The molecule has 2 aromatic heterocycles. The highest BCUT2D eigenvalue weighted by Crippen LogP contribution is 2.38. The van der Waals surface area contributed by atoms with Crippen molar-refractivity contribution >= 4 is 28.4 Å². The molecule has 0 saturated heterocycles. The Morgan fingerprint density at radius 1 is 0.951 bits per heavy atom. The Bertz CT molecular complexity index is 1550. The lowest BCUT2D eigenvalue weighted by Crippen LogP contribution is -2.35. The Balaban J connectivity index is 1.65. The topological polar surface area (TPSA) is 90.6 Å². The Hall–Kier alpha value is -4.17. The van der Waals surface area contributed by atoms with E-state index in [4.69, 9.17) is 4.74 Å². The van der Waals surface area contributed by atoms with Crippen LogP contribution in [-0.4, -0.2) is 55.2 Å². The van der Waals surface area contributed by atoms with E-state index in [1.54, 1.807) is 25.4 Å². The molecule has 8 nitrogen and oxygen atoms in total. The predicted molar refractivity (Wildman–Crippen MR) is 169 cm³/mol. The number of urea groups is 1. The number of H-pyrrole nitrogens is 1. The number of carbonyl (C=O) groups is 1. The number of anilines is 2. The number of fused-ring (bicyclic) bond motifs is 1. The summed E-state index contributed by atoms with van der Waals surface area (Å²) in [5.74, 6) is 1.13. The fourth-order valence-electron chi connectivity index (χ4n) is 4.82. The minimum absolute atomic E-state index is 0.147. The zero-order valence-electron chi connectivity index (χ0n) is 25.1. The lowest BCUT2D eigenvalue weighted by molar-refractivity contribution is 0.258. The van der Waals surface area contributed by atoms with Crippen LogP contribution < -0.4 is 20.5 Å². The number of benzene rings is 2. The maximum atomic E-state index is 13.5. The SMILES string of the molecule is CC(C)c1cc(-c2cccc(OCCCN(C)C)c2)cc(C(C)C)c1NC(=O)N(C)c1cc2cccnc2[nH]c1=O. The normalized spacial score (nSPS) is 11.5. The van der Waals surface area contributed by atoms with Gasteiger partial charge in [-0.25, -0.2) is 9.78 Å². The van der Waals surface area contributed by atoms with Crippen molar-refractivity contribution in [2.24, 2.45) is 0 Å². The summed E-state index contributed by atoms with van der Waals surface area (Å²) in [5, 5.41) is 3.89. The Morgan fingerprint density at radius 2 is 1.66 bits per heavy atom. The van der Waals surface area contributed by atoms with Gasteiger partial charge < -0.3 is 19.9 Å². The first-order chi connectivity index (χ1) is 19.5. The number of hydrogen-bond acceptors (Lipinski definition) is 5. The molecule has 4 rings (SSSR count). The minimum Gasteiger partial charge on any atom is -0.494 e. The summed E-state index contributed by atoms with van der Waals surface area (Å²) < 4.78 is 6.03. The van der Waals surface area contributed by atoms with Crippen LogP contribution in [0.5, 0.6) is 5.75 Å². The second-order valence-electron chi connectivity index (χ2n) is 11.3. The van der Waals surface area contributed by atoms with E-state index in [-0.39, 0.29) is 29.1 Å². The highest BCUT2D eigenvalue weighted by molar-refractivity contribution is 6.03. The van der Waals surface area contributed by atoms with E-state index in [0.717, 1.165) is 52.0 Å². The summed E-state index contributed by atoms with van der Waals surface area (Å²) in [6, 6.07) is 17.4. The highest BCUT2D eigenvalue weighted by atomic mass is 16.5. The van der Waals surface area contributed by atoms with Crippen molar-refractivity contribution in [1.29, 1.82) is 0 Å². The minimum atomic E-state index is -0.386. The monoisotopic (exact) mass is 555 g/mol. The first-order valence-corrected chi connectivity index (χ1v) is 14.1. The number of hydrogen-bond donors (Lipinski definition) is 2. The maximum Gasteiger partial charge on any atom is 0.326 e. The van der Waals surface area contributed by atoms with Crippen LogP contribution in [0.3, 0.4) is 0 Å². The third-order valence-electron chi connectivity index (χ3n) is 7.12. The van der Waals surface area contributed by atoms with Crippen LogP contribution in [0.2, 0.25) is 0 Å². The van der Waals surface area contributed by atoms with E-state index in [1.165, 1.54) is 4.90 Å². The molecule has 2 heterocycles. The van der Waals surface area contributed by atoms with Gasteiger partial charge in [-0.3, -0.25) is 9.69 Å². The van der Waals surface area contributed by atoms with Gasteiger partial charge in [-0.15, -0.1) is 0 Å². The molecule has 0 aliphatic carbocycles. The predicted octanol–water partition coefficient (Wildman–Crippen LogP) is 6.84. The molecule has 41 heavy (non-hydrogen) atoms. The smallest absolute Gasteiger partial charge is 0.326 e. The molecule has 0 bridgehead atoms. The third kappa shape index (κ3) is 7.13. The molecule has 8 heteroatoms. The second-order valence-corrected chi connectivity index (χ2v) is 11.3. The van der Waals surface area contributed by atoms with E-state index < -0.39 is 0 Å². The van der Waals surface area contributed by atoms with Crippen molar-refractivity contribution in [2.45, 2.75) is 46.0 Å². The summed E-state index contributed by atoms with van der Waals surface area (Å²) >= 11 is 0. The molecular formula is C33H41N5O3. The van der Waals surface area contributed by atoms with E-state index in [1.807, 2.05) is 18.2 Å². The molecule has 216 valence electrons. The molecule has 0 fully saturated rings. The molecule has 2 aromatic carbocycles. The number of pyridine rings is 2. The van der Waals surface area contributed by atoms with Crippen molar-refractivity contribution in [1.82, 2.24) is 14.9 Å². The molecule has 0 saturated carbocycles. The largest absolute Gasteiger partial charge is 0.494 e. The summed E-state index contributed by atoms with van der Waals surface area (Å²) in [6.45, 7) is 10.1. The summed E-state index contributed by atoms with van der Waals surface area (Å²) in [6.07, 6.45) is 2.58. The number of ether oxygens (including phenoxy) is 1. The maximum absolute atomic E-state index is 13.5. The molecule has 0 aliphatic heterocycles. The molecule has 0 spiro atoms. The third-order valence-corrected chi connectivity index (χ3v) is 7.12. The van der Waals surface area contributed by atoms with Crippen LogP contribution in [-0.2, 0) is 0 Å². The van der Waals surface area contributed by atoms with Gasteiger partial charge in [0.05, 0.1) is 6.61 Å². The van der Waals surface area contributed by atoms with Gasteiger partial charge in [-0.05, 0) is 97.1 Å². The van der Waals surface area contributed by atoms with E-state index >= 15 is 0 Å². The van der Waals surface area contributed by atoms with Crippen LogP contribution in [0, 0.1) is 0 Å². The van der Waals surface area contributed by atoms with Gasteiger partial charge >= 0.3 is 6.03 Å². The highest BCUT2D eigenvalue weighted by Gasteiger charge is 2.22.